The van der Waals surface area contributed by atoms with Crippen molar-refractivity contribution >= 4 is 46.1 Å². The van der Waals surface area contributed by atoms with Gasteiger partial charge in [-0.1, -0.05) is 29.8 Å². The Labute approximate surface area is 161 Å². The first-order valence-corrected chi connectivity index (χ1v) is 9.01. The molecule has 0 unspecified atom stereocenters. The summed E-state index contributed by atoms with van der Waals surface area (Å²) in [5.74, 6) is -2.74. The molecular formula is C16H12ClF3N2O2S2. The zero-order chi connectivity index (χ0) is 19.1. The molecule has 0 amide bonds. The number of carbonyl (C=O) groups excluding carboxylic acids is 1. The van der Waals surface area contributed by atoms with E-state index in [4.69, 9.17) is 23.8 Å². The van der Waals surface area contributed by atoms with E-state index < -0.39 is 34.8 Å². The molecule has 0 aliphatic carbocycles. The highest BCUT2D eigenvalue weighted by Crippen LogP contribution is 2.44. The summed E-state index contributed by atoms with van der Waals surface area (Å²) in [6, 6.07) is 7.72. The van der Waals surface area contributed by atoms with Crippen LogP contribution in [0.3, 0.4) is 0 Å². The fourth-order valence-corrected chi connectivity index (χ4v) is 3.97. The van der Waals surface area contributed by atoms with Gasteiger partial charge in [0.25, 0.3) is 0 Å². The Balaban J connectivity index is 2.14. The van der Waals surface area contributed by atoms with E-state index in [0.717, 1.165) is 11.3 Å². The van der Waals surface area contributed by atoms with Gasteiger partial charge in [0.05, 0.1) is 10.9 Å². The predicted octanol–water partition coefficient (Wildman–Crippen LogP) is 3.67. The average Bonchev–Trinajstić information content (AvgIpc) is 3.08. The highest BCUT2D eigenvalue weighted by atomic mass is 35.5. The number of nitrogens with one attached hydrogen (secondary N) is 2. The van der Waals surface area contributed by atoms with Gasteiger partial charge in [-0.3, -0.25) is 4.79 Å². The highest BCUT2D eigenvalue weighted by Gasteiger charge is 2.65. The Kier molecular flexibility index (Phi) is 5.00. The summed E-state index contributed by atoms with van der Waals surface area (Å²) in [5.41, 5.74) is -3.17. The molecular weight excluding hydrogens is 409 g/mol. The number of halogens is 4. The molecule has 3 atom stereocenters. The third kappa shape index (κ3) is 3.32. The summed E-state index contributed by atoms with van der Waals surface area (Å²) in [7, 11) is 0. The summed E-state index contributed by atoms with van der Waals surface area (Å²) in [6.07, 6.45) is -5.14. The second-order valence-electron chi connectivity index (χ2n) is 5.71. The molecule has 0 bridgehead atoms. The number of benzene rings is 1. The largest absolute Gasteiger partial charge is 0.437 e. The van der Waals surface area contributed by atoms with Gasteiger partial charge in [0, 0.05) is 5.02 Å². The van der Waals surface area contributed by atoms with Crippen molar-refractivity contribution in [3.63, 3.8) is 0 Å². The number of ketones is 1. The SMILES string of the molecule is O=C(c1cccs1)[C@H]1[C@@H](c2ccc(Cl)cc2)NC(=S)N[C@@]1(O)C(F)(F)F. The third-order valence-corrected chi connectivity index (χ3v) is 5.44. The van der Waals surface area contributed by atoms with Crippen molar-refractivity contribution in [3.8, 4) is 0 Å². The van der Waals surface area contributed by atoms with Crippen LogP contribution in [0.25, 0.3) is 0 Å². The number of hydrogen-bond donors (Lipinski definition) is 3. The quantitative estimate of drug-likeness (QED) is 0.522. The van der Waals surface area contributed by atoms with Crippen molar-refractivity contribution in [2.45, 2.75) is 17.9 Å². The molecule has 4 nitrogen and oxygen atoms in total. The van der Waals surface area contributed by atoms with Crippen LogP contribution in [0.4, 0.5) is 13.2 Å². The normalized spacial score (nSPS) is 26.1. The third-order valence-electron chi connectivity index (χ3n) is 4.08. The van der Waals surface area contributed by atoms with Crippen molar-refractivity contribution in [3.05, 3.63) is 57.2 Å². The van der Waals surface area contributed by atoms with Gasteiger partial charge in [0.2, 0.25) is 5.72 Å². The summed E-state index contributed by atoms with van der Waals surface area (Å²) in [5, 5.41) is 16.6. The Morgan fingerprint density at radius 2 is 1.92 bits per heavy atom. The van der Waals surface area contributed by atoms with E-state index in [0.29, 0.717) is 10.6 Å². The van der Waals surface area contributed by atoms with Crippen LogP contribution in [-0.4, -0.2) is 27.9 Å². The van der Waals surface area contributed by atoms with Crippen LogP contribution in [0.1, 0.15) is 21.3 Å². The number of thiophene rings is 1. The minimum atomic E-state index is -5.14. The van der Waals surface area contributed by atoms with E-state index in [1.54, 1.807) is 11.4 Å². The van der Waals surface area contributed by atoms with E-state index in [-0.39, 0.29) is 4.88 Å². The number of carbonyl (C=O) groups is 1. The van der Waals surface area contributed by atoms with Crippen LogP contribution >= 0.6 is 35.2 Å². The zero-order valence-corrected chi connectivity index (χ0v) is 15.3. The molecule has 1 aliphatic rings. The lowest BCUT2D eigenvalue weighted by Crippen LogP contribution is -2.72. The van der Waals surface area contributed by atoms with Gasteiger partial charge in [0.15, 0.2) is 10.9 Å². The van der Waals surface area contributed by atoms with Crippen molar-refractivity contribution < 1.29 is 23.1 Å². The van der Waals surface area contributed by atoms with Gasteiger partial charge < -0.3 is 15.7 Å². The van der Waals surface area contributed by atoms with Crippen LogP contribution in [0.15, 0.2) is 41.8 Å². The fourth-order valence-electron chi connectivity index (χ4n) is 2.86. The lowest BCUT2D eigenvalue weighted by Gasteiger charge is -2.46. The minimum absolute atomic E-state index is 0.105. The van der Waals surface area contributed by atoms with Crippen LogP contribution in [0.2, 0.25) is 5.02 Å². The molecule has 0 radical (unpaired) electrons. The van der Waals surface area contributed by atoms with Crippen molar-refractivity contribution in [2.24, 2.45) is 5.92 Å². The number of hydrogen-bond acceptors (Lipinski definition) is 4. The minimum Gasteiger partial charge on any atom is -0.363 e. The Hall–Kier alpha value is -1.68. The molecule has 2 aromatic rings. The molecule has 1 aromatic carbocycles. The predicted molar refractivity (Wildman–Crippen MR) is 96.2 cm³/mol. The second-order valence-corrected chi connectivity index (χ2v) is 7.50. The monoisotopic (exact) mass is 420 g/mol. The second kappa shape index (κ2) is 6.80. The number of aliphatic hydroxyl groups is 1. The lowest BCUT2D eigenvalue weighted by molar-refractivity contribution is -0.285. The molecule has 3 N–H and O–H groups in total. The maximum absolute atomic E-state index is 13.7. The first kappa shape index (κ1) is 19.1. The summed E-state index contributed by atoms with van der Waals surface area (Å²) in [6.45, 7) is 0. The van der Waals surface area contributed by atoms with Gasteiger partial charge in [-0.15, -0.1) is 11.3 Å². The van der Waals surface area contributed by atoms with Gasteiger partial charge >= 0.3 is 6.18 Å². The maximum atomic E-state index is 13.7. The van der Waals surface area contributed by atoms with Crippen LogP contribution in [0.5, 0.6) is 0 Å². The smallest absolute Gasteiger partial charge is 0.363 e. The van der Waals surface area contributed by atoms with Gasteiger partial charge in [-0.25, -0.2) is 0 Å². The molecule has 3 rings (SSSR count). The number of alkyl halides is 3. The van der Waals surface area contributed by atoms with E-state index >= 15 is 0 Å². The summed E-state index contributed by atoms with van der Waals surface area (Å²) < 4.78 is 41.2. The first-order chi connectivity index (χ1) is 12.1. The molecule has 1 saturated heterocycles. The fraction of sp³-hybridized carbons (Fsp3) is 0.250. The topological polar surface area (TPSA) is 61.4 Å². The molecule has 138 valence electrons. The van der Waals surface area contributed by atoms with Gasteiger partial charge in [-0.05, 0) is 41.4 Å². The summed E-state index contributed by atoms with van der Waals surface area (Å²) in [4.78, 5) is 13.0. The first-order valence-electron chi connectivity index (χ1n) is 7.34. The van der Waals surface area contributed by atoms with E-state index in [1.165, 1.54) is 30.3 Å². The molecule has 26 heavy (non-hydrogen) atoms. The molecule has 1 aromatic heterocycles. The van der Waals surface area contributed by atoms with Gasteiger partial charge in [-0.2, -0.15) is 13.2 Å². The van der Waals surface area contributed by atoms with Crippen molar-refractivity contribution in [1.29, 1.82) is 0 Å². The maximum Gasteiger partial charge on any atom is 0.437 e. The molecule has 10 heteroatoms. The van der Waals surface area contributed by atoms with Crippen LogP contribution in [0, 0.1) is 5.92 Å². The standard InChI is InChI=1S/C16H12ClF3N2O2S2/c17-9-5-3-8(4-6-9)12-11(13(23)10-2-1-7-26-10)15(24,16(18,19)20)22-14(25)21-12/h1-7,11-12,24H,(H2,21,22,25)/t11-,12-,15+/m1/s1. The molecule has 0 saturated carbocycles. The van der Waals surface area contributed by atoms with Crippen LogP contribution in [-0.2, 0) is 0 Å². The Morgan fingerprint density at radius 3 is 2.46 bits per heavy atom. The Morgan fingerprint density at radius 1 is 1.27 bits per heavy atom. The number of rotatable bonds is 3. The molecule has 0 spiro atoms. The number of Topliss-reactive ketones (excluding diaryl/α,β-unsaturated/α-hetero) is 1. The average molecular weight is 421 g/mol. The Bertz CT molecular complexity index is 827. The van der Waals surface area contributed by atoms with Gasteiger partial charge in [0.1, 0.15) is 5.92 Å². The van der Waals surface area contributed by atoms with Crippen molar-refractivity contribution in [1.82, 2.24) is 10.6 Å². The summed E-state index contributed by atoms with van der Waals surface area (Å²) >= 11 is 11.7. The van der Waals surface area contributed by atoms with E-state index in [1.807, 2.05) is 5.32 Å². The van der Waals surface area contributed by atoms with E-state index in [2.05, 4.69) is 5.32 Å². The van der Waals surface area contributed by atoms with Crippen LogP contribution < -0.4 is 10.6 Å². The highest BCUT2D eigenvalue weighted by molar-refractivity contribution is 7.80. The zero-order valence-electron chi connectivity index (χ0n) is 12.9. The lowest BCUT2D eigenvalue weighted by atomic mass is 9.79. The molecule has 2 heterocycles. The van der Waals surface area contributed by atoms with E-state index in [9.17, 15) is 23.1 Å². The molecule has 1 aliphatic heterocycles. The molecule has 1 fully saturated rings. The van der Waals surface area contributed by atoms with Crippen molar-refractivity contribution in [2.75, 3.05) is 0 Å². The number of thiocarbonyl (C=S) groups is 1.